The van der Waals surface area contributed by atoms with Gasteiger partial charge in [-0.25, -0.2) is 0 Å². The molecule has 0 radical (unpaired) electrons. The van der Waals surface area contributed by atoms with Crippen molar-refractivity contribution < 1.29 is 29.0 Å². The molecule has 1 spiro atoms. The number of unbranched alkanes of at least 4 members (excludes halogenated alkanes) is 1. The van der Waals surface area contributed by atoms with E-state index in [4.69, 9.17) is 21.1 Å². The van der Waals surface area contributed by atoms with Crippen LogP contribution in [0.15, 0.2) is 48.6 Å². The molecule has 1 aromatic carbocycles. The van der Waals surface area contributed by atoms with Gasteiger partial charge in [0, 0.05) is 30.4 Å². The maximum Gasteiger partial charge on any atom is 0.313 e. The number of carbonyl (C=O) groups is 3. The number of aliphatic hydroxyl groups is 1. The summed E-state index contributed by atoms with van der Waals surface area (Å²) in [4.78, 5) is 44.9. The van der Waals surface area contributed by atoms with Gasteiger partial charge in [-0.2, -0.15) is 0 Å². The lowest BCUT2D eigenvalue weighted by atomic mass is 9.73. The molecule has 0 saturated carbocycles. The minimum absolute atomic E-state index is 0.0127. The Bertz CT molecular complexity index is 1100. The van der Waals surface area contributed by atoms with Crippen LogP contribution in [0.5, 0.6) is 0 Å². The van der Waals surface area contributed by atoms with Crippen LogP contribution < -0.4 is 4.90 Å². The fraction of sp³-hybridized carbons (Fsp3) is 0.519. The molecule has 5 rings (SSSR count). The molecule has 1 unspecified atom stereocenters. The zero-order valence-corrected chi connectivity index (χ0v) is 21.0. The topological polar surface area (TPSA) is 96.4 Å². The predicted molar refractivity (Wildman–Crippen MR) is 133 cm³/mol. The molecule has 192 valence electrons. The molecule has 2 fully saturated rings. The Morgan fingerprint density at radius 2 is 1.83 bits per heavy atom. The fourth-order valence-corrected chi connectivity index (χ4v) is 6.34. The quantitative estimate of drug-likeness (QED) is 0.356. The van der Waals surface area contributed by atoms with Crippen LogP contribution in [0, 0.1) is 11.8 Å². The first-order valence-electron chi connectivity index (χ1n) is 12.6. The number of likely N-dealkylation sites (tertiary alicyclic amines) is 1. The second-order valence-corrected chi connectivity index (χ2v) is 10.2. The average molecular weight is 515 g/mol. The highest BCUT2D eigenvalue weighted by Crippen LogP contribution is 2.58. The Balaban J connectivity index is 1.63. The first-order chi connectivity index (χ1) is 17.4. The number of rotatable bonds is 6. The first-order valence-corrected chi connectivity index (χ1v) is 13.0. The van der Waals surface area contributed by atoms with Gasteiger partial charge in [0.1, 0.15) is 23.2 Å². The smallest absolute Gasteiger partial charge is 0.313 e. The zero-order chi connectivity index (χ0) is 25.5. The van der Waals surface area contributed by atoms with Gasteiger partial charge in [-0.15, -0.1) is 0 Å². The number of esters is 1. The summed E-state index contributed by atoms with van der Waals surface area (Å²) in [6.45, 7) is 2.71. The first kappa shape index (κ1) is 25.0. The summed E-state index contributed by atoms with van der Waals surface area (Å²) in [5, 5.41) is 9.88. The van der Waals surface area contributed by atoms with E-state index in [0.29, 0.717) is 36.4 Å². The van der Waals surface area contributed by atoms with E-state index in [9.17, 15) is 19.5 Å². The second kappa shape index (κ2) is 9.65. The summed E-state index contributed by atoms with van der Waals surface area (Å²) in [5.41, 5.74) is -1.71. The van der Waals surface area contributed by atoms with Crippen molar-refractivity contribution in [3.8, 4) is 0 Å². The number of ether oxygens (including phenoxy) is 2. The third kappa shape index (κ3) is 3.78. The van der Waals surface area contributed by atoms with E-state index in [1.807, 2.05) is 31.2 Å². The summed E-state index contributed by atoms with van der Waals surface area (Å²) in [6, 6.07) is 6.02. The Hall–Kier alpha value is -2.68. The maximum atomic E-state index is 14.2. The fourth-order valence-electron chi connectivity index (χ4n) is 6.21. The Labute approximate surface area is 215 Å². The molecule has 36 heavy (non-hydrogen) atoms. The molecule has 2 saturated heterocycles. The number of carbonyl (C=O) groups excluding carboxylic acids is 3. The van der Waals surface area contributed by atoms with E-state index >= 15 is 0 Å². The third-order valence-corrected chi connectivity index (χ3v) is 8.10. The highest BCUT2D eigenvalue weighted by atomic mass is 35.5. The lowest BCUT2D eigenvalue weighted by molar-refractivity contribution is -0.160. The summed E-state index contributed by atoms with van der Waals surface area (Å²) >= 11 is 6.07. The zero-order valence-electron chi connectivity index (χ0n) is 20.3. The van der Waals surface area contributed by atoms with Crippen LogP contribution >= 0.6 is 11.6 Å². The molecule has 2 amide bonds. The van der Waals surface area contributed by atoms with Crippen molar-refractivity contribution in [3.05, 3.63) is 53.6 Å². The molecule has 5 atom stereocenters. The van der Waals surface area contributed by atoms with Crippen molar-refractivity contribution in [1.82, 2.24) is 4.90 Å². The molecular formula is C27H31ClN2O6. The number of benzene rings is 1. The maximum absolute atomic E-state index is 14.2. The summed E-state index contributed by atoms with van der Waals surface area (Å²) in [7, 11) is 0. The van der Waals surface area contributed by atoms with E-state index < -0.39 is 35.0 Å². The van der Waals surface area contributed by atoms with Crippen molar-refractivity contribution in [2.45, 2.75) is 49.9 Å². The van der Waals surface area contributed by atoms with Crippen LogP contribution in [0.1, 0.15) is 32.6 Å². The Kier molecular flexibility index (Phi) is 6.70. The van der Waals surface area contributed by atoms with E-state index in [0.717, 1.165) is 0 Å². The van der Waals surface area contributed by atoms with E-state index in [2.05, 4.69) is 0 Å². The molecule has 9 heteroatoms. The largest absolute Gasteiger partial charge is 0.465 e. The normalized spacial score (nSPS) is 33.5. The number of hydrogen-bond donors (Lipinski definition) is 1. The Morgan fingerprint density at radius 3 is 2.56 bits per heavy atom. The van der Waals surface area contributed by atoms with Gasteiger partial charge in [-0.1, -0.05) is 42.8 Å². The summed E-state index contributed by atoms with van der Waals surface area (Å²) in [6.07, 6.45) is 9.53. The molecule has 4 aliphatic heterocycles. The SMILES string of the molecule is CC[C@@]12C=CCCOC(=O)[C@@H]1[C@H]1C(=O)N(CCCCO)C3C(=O)N(c4ccc(Cl)cc4)CC=C[C@@]31O2. The van der Waals surface area contributed by atoms with Crippen molar-refractivity contribution in [2.75, 3.05) is 31.2 Å². The van der Waals surface area contributed by atoms with Crippen molar-refractivity contribution in [3.63, 3.8) is 0 Å². The number of halogens is 1. The van der Waals surface area contributed by atoms with Gasteiger partial charge >= 0.3 is 5.97 Å². The molecule has 0 bridgehead atoms. The van der Waals surface area contributed by atoms with Crippen molar-refractivity contribution in [2.24, 2.45) is 11.8 Å². The third-order valence-electron chi connectivity index (χ3n) is 7.85. The number of aliphatic hydroxyl groups excluding tert-OH is 1. The molecule has 0 aliphatic carbocycles. The number of nitrogens with zero attached hydrogens (tertiary/aromatic N) is 2. The highest BCUT2D eigenvalue weighted by Gasteiger charge is 2.75. The van der Waals surface area contributed by atoms with Crippen LogP contribution in [0.3, 0.4) is 0 Å². The number of fused-ring (bicyclic) bond motifs is 2. The van der Waals surface area contributed by atoms with Gasteiger partial charge in [0.2, 0.25) is 5.91 Å². The minimum atomic E-state index is -1.32. The van der Waals surface area contributed by atoms with E-state index in [-0.39, 0.29) is 38.1 Å². The van der Waals surface area contributed by atoms with Gasteiger partial charge in [-0.3, -0.25) is 14.4 Å². The number of hydrogen-bond acceptors (Lipinski definition) is 6. The van der Waals surface area contributed by atoms with Gasteiger partial charge < -0.3 is 24.4 Å². The molecular weight excluding hydrogens is 484 g/mol. The highest BCUT2D eigenvalue weighted by molar-refractivity contribution is 6.30. The number of amides is 2. The predicted octanol–water partition coefficient (Wildman–Crippen LogP) is 2.88. The van der Waals surface area contributed by atoms with Crippen LogP contribution in [0.4, 0.5) is 5.69 Å². The lowest BCUT2D eigenvalue weighted by Gasteiger charge is -2.38. The van der Waals surface area contributed by atoms with Crippen LogP contribution in [-0.4, -0.2) is 71.3 Å². The second-order valence-electron chi connectivity index (χ2n) is 9.77. The monoisotopic (exact) mass is 514 g/mol. The molecule has 1 aromatic rings. The van der Waals surface area contributed by atoms with E-state index in [1.54, 1.807) is 34.1 Å². The van der Waals surface area contributed by atoms with Crippen LogP contribution in [0.2, 0.25) is 5.02 Å². The Morgan fingerprint density at radius 1 is 1.06 bits per heavy atom. The summed E-state index contributed by atoms with van der Waals surface area (Å²) in [5.74, 6) is -2.79. The number of anilines is 1. The van der Waals surface area contributed by atoms with Gasteiger partial charge in [0.05, 0.1) is 12.5 Å². The van der Waals surface area contributed by atoms with Crippen LogP contribution in [-0.2, 0) is 23.9 Å². The van der Waals surface area contributed by atoms with E-state index in [1.165, 1.54) is 0 Å². The van der Waals surface area contributed by atoms with Crippen LogP contribution in [0.25, 0.3) is 0 Å². The standard InChI is InChI=1S/C27H31ClN2O6/c1-2-26-12-3-6-17-35-25(34)21(26)20-23(32)30(14-4-5-16-31)22-24(33)29(15-7-13-27(20,22)36-26)19-10-8-18(28)9-11-19/h3,7-13,20-22,31H,2,4-6,14-17H2,1H3/t20-,21-,22?,26+,27-/m0/s1. The minimum Gasteiger partial charge on any atom is -0.465 e. The molecule has 4 aliphatic rings. The van der Waals surface area contributed by atoms with Crippen molar-refractivity contribution >= 4 is 35.1 Å². The van der Waals surface area contributed by atoms with Crippen molar-refractivity contribution in [1.29, 1.82) is 0 Å². The molecule has 4 heterocycles. The average Bonchev–Trinajstić information content (AvgIpc) is 3.20. The summed E-state index contributed by atoms with van der Waals surface area (Å²) < 4.78 is 12.4. The lowest BCUT2D eigenvalue weighted by Crippen LogP contribution is -2.56. The van der Waals surface area contributed by atoms with Gasteiger partial charge in [0.25, 0.3) is 5.91 Å². The van der Waals surface area contributed by atoms with Gasteiger partial charge in [-0.05, 0) is 49.9 Å². The molecule has 8 nitrogen and oxygen atoms in total. The van der Waals surface area contributed by atoms with Gasteiger partial charge in [0.15, 0.2) is 0 Å². The molecule has 0 aromatic heterocycles. The molecule has 1 N–H and O–H groups in total. The number of cyclic esters (lactones) is 1.